The molecule has 2 aromatic heterocycles. The lowest BCUT2D eigenvalue weighted by Crippen LogP contribution is -1.94. The van der Waals surface area contributed by atoms with Crippen LogP contribution < -0.4 is 0 Å². The van der Waals surface area contributed by atoms with Crippen LogP contribution in [0.2, 0.25) is 0 Å². The van der Waals surface area contributed by atoms with Gasteiger partial charge in [0.05, 0.1) is 22.9 Å². The molecular weight excluding hydrogens is 853 g/mol. The minimum absolute atomic E-state index is 0.841. The molecule has 0 unspecified atom stereocenters. The van der Waals surface area contributed by atoms with Crippen LogP contribution >= 0.6 is 11.3 Å². The van der Waals surface area contributed by atoms with Crippen molar-refractivity contribution in [2.75, 3.05) is 0 Å². The molecule has 0 N–H and O–H groups in total. The molecule has 14 rings (SSSR count). The van der Waals surface area contributed by atoms with Crippen LogP contribution in [0.15, 0.2) is 243 Å². The van der Waals surface area contributed by atoms with Crippen LogP contribution in [0.4, 0.5) is 0 Å². The number of benzene rings is 12. The Hall–Kier alpha value is -8.76. The van der Waals surface area contributed by atoms with Crippen LogP contribution in [0.25, 0.3) is 141 Å². The molecule has 2 heterocycles. The summed E-state index contributed by atoms with van der Waals surface area (Å²) in [4.78, 5) is 10.9. The van der Waals surface area contributed by atoms with Crippen LogP contribution in [0.1, 0.15) is 0 Å². The van der Waals surface area contributed by atoms with Crippen LogP contribution in [0.5, 0.6) is 0 Å². The van der Waals surface area contributed by atoms with E-state index in [0.717, 1.165) is 60.7 Å². The second-order valence-electron chi connectivity index (χ2n) is 18.0. The Morgan fingerprint density at radius 3 is 1.41 bits per heavy atom. The molecular formula is C66H40N2S. The highest BCUT2D eigenvalue weighted by Crippen LogP contribution is 2.43. The van der Waals surface area contributed by atoms with E-state index in [1.165, 1.54) is 80.5 Å². The van der Waals surface area contributed by atoms with Gasteiger partial charge < -0.3 is 0 Å². The highest BCUT2D eigenvalue weighted by molar-refractivity contribution is 7.26. The maximum absolute atomic E-state index is 5.56. The first kappa shape index (κ1) is 39.4. The number of fused-ring (bicyclic) bond motifs is 11. The van der Waals surface area contributed by atoms with Gasteiger partial charge in [0.25, 0.3) is 0 Å². The molecule has 0 saturated heterocycles. The summed E-state index contributed by atoms with van der Waals surface area (Å²) < 4.78 is 2.66. The molecule has 0 radical (unpaired) electrons. The van der Waals surface area contributed by atoms with Crippen LogP contribution in [-0.2, 0) is 0 Å². The summed E-state index contributed by atoms with van der Waals surface area (Å²) in [7, 11) is 0. The van der Waals surface area contributed by atoms with Crippen molar-refractivity contribution < 1.29 is 0 Å². The van der Waals surface area contributed by atoms with Gasteiger partial charge in [-0.2, -0.15) is 0 Å². The largest absolute Gasteiger partial charge is 0.252 e. The zero-order chi connectivity index (χ0) is 45.4. The van der Waals surface area contributed by atoms with Gasteiger partial charge in [0.2, 0.25) is 0 Å². The number of rotatable bonds is 6. The monoisotopic (exact) mass is 892 g/mol. The number of thiophene rings is 1. The topological polar surface area (TPSA) is 25.8 Å². The van der Waals surface area contributed by atoms with Crippen molar-refractivity contribution in [3.63, 3.8) is 0 Å². The van der Waals surface area contributed by atoms with E-state index in [4.69, 9.17) is 9.97 Å². The summed E-state index contributed by atoms with van der Waals surface area (Å²) in [5.74, 6) is 0. The van der Waals surface area contributed by atoms with Crippen molar-refractivity contribution in [3.8, 4) is 66.9 Å². The van der Waals surface area contributed by atoms with Gasteiger partial charge in [-0.25, -0.2) is 4.98 Å². The second kappa shape index (κ2) is 16.0. The number of hydrogen-bond acceptors (Lipinski definition) is 3. The number of nitrogens with zero attached hydrogens (tertiary/aromatic N) is 2. The van der Waals surface area contributed by atoms with Gasteiger partial charge in [-0.1, -0.05) is 206 Å². The summed E-state index contributed by atoms with van der Waals surface area (Å²) in [6.45, 7) is 0. The summed E-state index contributed by atoms with van der Waals surface area (Å²) in [5, 5.41) is 12.1. The fourth-order valence-corrected chi connectivity index (χ4v) is 11.9. The van der Waals surface area contributed by atoms with Crippen molar-refractivity contribution in [2.24, 2.45) is 0 Å². The Morgan fingerprint density at radius 2 is 0.739 bits per heavy atom. The van der Waals surface area contributed by atoms with Gasteiger partial charge in [-0.3, -0.25) is 4.98 Å². The minimum Gasteiger partial charge on any atom is -0.252 e. The summed E-state index contributed by atoms with van der Waals surface area (Å²) in [6, 6.07) is 86.2. The Bertz CT molecular complexity index is 4360. The van der Waals surface area contributed by atoms with Gasteiger partial charge in [0, 0.05) is 36.5 Å². The molecule has 0 atom stereocenters. The van der Waals surface area contributed by atoms with E-state index in [2.05, 4.69) is 237 Å². The van der Waals surface area contributed by atoms with Gasteiger partial charge >= 0.3 is 0 Å². The molecule has 14 aromatic rings. The van der Waals surface area contributed by atoms with Gasteiger partial charge in [-0.15, -0.1) is 11.3 Å². The molecule has 320 valence electrons. The van der Waals surface area contributed by atoms with Crippen molar-refractivity contribution in [1.82, 2.24) is 9.97 Å². The maximum atomic E-state index is 5.56. The Balaban J connectivity index is 0.866. The normalized spacial score (nSPS) is 11.8. The molecule has 0 bridgehead atoms. The lowest BCUT2D eigenvalue weighted by Gasteiger charge is -2.15. The smallest absolute Gasteiger partial charge is 0.0979 e. The molecule has 0 aliphatic carbocycles. The molecule has 0 saturated carbocycles. The Labute approximate surface area is 403 Å². The van der Waals surface area contributed by atoms with Gasteiger partial charge in [0.1, 0.15) is 0 Å². The summed E-state index contributed by atoms with van der Waals surface area (Å²) in [5.41, 5.74) is 15.6. The molecule has 2 nitrogen and oxygen atoms in total. The molecule has 0 amide bonds. The minimum atomic E-state index is 0.841. The van der Waals surface area contributed by atoms with Gasteiger partial charge in [0.15, 0.2) is 0 Å². The van der Waals surface area contributed by atoms with E-state index < -0.39 is 0 Å². The first-order valence-electron chi connectivity index (χ1n) is 23.5. The SMILES string of the molecule is c1cc(-c2ccc(-c3cccc(-c4cccc5c4sc4ccccc45)c3)cc2)cc(-c2cnc3c4cc(-c5cccc6ccccc56)ccc4c4ccc(-c5cccc6ccccc56)cc4c3n2)c1. The zero-order valence-corrected chi connectivity index (χ0v) is 38.2. The van der Waals surface area contributed by atoms with E-state index in [1.807, 2.05) is 17.5 Å². The summed E-state index contributed by atoms with van der Waals surface area (Å²) in [6.07, 6.45) is 1.96. The van der Waals surface area contributed by atoms with Crippen LogP contribution in [0, 0.1) is 0 Å². The van der Waals surface area contributed by atoms with E-state index in [9.17, 15) is 0 Å². The number of aromatic nitrogens is 2. The van der Waals surface area contributed by atoms with Crippen LogP contribution in [0.3, 0.4) is 0 Å². The third-order valence-electron chi connectivity index (χ3n) is 14.1. The Morgan fingerprint density at radius 1 is 0.275 bits per heavy atom. The highest BCUT2D eigenvalue weighted by Gasteiger charge is 2.17. The van der Waals surface area contributed by atoms with Crippen molar-refractivity contribution in [1.29, 1.82) is 0 Å². The van der Waals surface area contributed by atoms with E-state index in [0.29, 0.717) is 0 Å². The third-order valence-corrected chi connectivity index (χ3v) is 15.3. The fourth-order valence-electron chi connectivity index (χ4n) is 10.7. The molecule has 0 aliphatic rings. The van der Waals surface area contributed by atoms with Crippen LogP contribution in [-0.4, -0.2) is 9.97 Å². The maximum Gasteiger partial charge on any atom is 0.0979 e. The molecule has 0 fully saturated rings. The molecule has 69 heavy (non-hydrogen) atoms. The number of hydrogen-bond donors (Lipinski definition) is 0. The molecule has 3 heteroatoms. The summed E-state index contributed by atoms with van der Waals surface area (Å²) >= 11 is 1.88. The molecule has 0 aliphatic heterocycles. The van der Waals surface area contributed by atoms with Crippen molar-refractivity contribution in [2.45, 2.75) is 0 Å². The molecule has 12 aromatic carbocycles. The quantitative estimate of drug-likeness (QED) is 0.155. The van der Waals surface area contributed by atoms with E-state index >= 15 is 0 Å². The predicted octanol–water partition coefficient (Wildman–Crippen LogP) is 18.6. The first-order chi connectivity index (χ1) is 34.2. The third kappa shape index (κ3) is 6.62. The fraction of sp³-hybridized carbons (Fsp3) is 0. The lowest BCUT2D eigenvalue weighted by atomic mass is 9.91. The zero-order valence-electron chi connectivity index (χ0n) is 37.4. The van der Waals surface area contributed by atoms with Gasteiger partial charge in [-0.05, 0) is 118 Å². The average molecular weight is 893 g/mol. The van der Waals surface area contributed by atoms with E-state index in [1.54, 1.807) is 0 Å². The first-order valence-corrected chi connectivity index (χ1v) is 24.3. The lowest BCUT2D eigenvalue weighted by molar-refractivity contribution is 1.31. The Kier molecular flexibility index (Phi) is 9.11. The second-order valence-corrected chi connectivity index (χ2v) is 19.1. The molecule has 0 spiro atoms. The van der Waals surface area contributed by atoms with Crippen molar-refractivity contribution >= 4 is 85.6 Å². The standard InChI is InChI=1S/C66H40N2S/c1-3-20-51-43(12-1)14-9-23-53(51)48-32-34-56-57-35-33-49(54-24-10-15-44-13-2-4-21-52(44)54)39-61(57)65-64(60(56)38-48)67-40-62(68-65)50-19-8-17-46(37-50)42-30-28-41(29-31-42)45-16-7-18-47(36-45)55-25-11-26-59-58-22-5-6-27-63(58)69-66(55)59/h1-40H. The predicted molar refractivity (Wildman–Crippen MR) is 295 cm³/mol. The van der Waals surface area contributed by atoms with E-state index in [-0.39, 0.29) is 0 Å². The average Bonchev–Trinajstić information content (AvgIpc) is 3.82. The van der Waals surface area contributed by atoms with Crippen molar-refractivity contribution in [3.05, 3.63) is 243 Å². The highest BCUT2D eigenvalue weighted by atomic mass is 32.1.